The van der Waals surface area contributed by atoms with Crippen LogP contribution in [0.25, 0.3) is 0 Å². The van der Waals surface area contributed by atoms with E-state index in [-0.39, 0.29) is 12.5 Å². The van der Waals surface area contributed by atoms with Gasteiger partial charge in [0.2, 0.25) is 0 Å². The molecular formula is C16H20ClNO5. The molecule has 1 atom stereocenters. The lowest BCUT2D eigenvalue weighted by atomic mass is 9.95. The summed E-state index contributed by atoms with van der Waals surface area (Å²) in [4.78, 5) is 29.0. The van der Waals surface area contributed by atoms with Crippen molar-refractivity contribution in [2.75, 3.05) is 13.7 Å². The summed E-state index contributed by atoms with van der Waals surface area (Å²) in [6.45, 7) is 5.79. The van der Waals surface area contributed by atoms with E-state index in [4.69, 9.17) is 21.2 Å². The summed E-state index contributed by atoms with van der Waals surface area (Å²) in [7, 11) is 1.30. The van der Waals surface area contributed by atoms with Gasteiger partial charge in [0.25, 0.3) is 5.91 Å². The Morgan fingerprint density at radius 1 is 1.48 bits per heavy atom. The summed E-state index contributed by atoms with van der Waals surface area (Å²) >= 11 is 6.18. The minimum absolute atomic E-state index is 0.0946. The second kappa shape index (κ2) is 6.76. The zero-order valence-electron chi connectivity index (χ0n) is 13.6. The fourth-order valence-corrected chi connectivity index (χ4v) is 2.31. The molecule has 1 aliphatic rings. The van der Waals surface area contributed by atoms with E-state index in [2.05, 4.69) is 4.74 Å². The van der Waals surface area contributed by atoms with E-state index in [0.717, 1.165) is 0 Å². The third-order valence-electron chi connectivity index (χ3n) is 3.56. The highest BCUT2D eigenvalue weighted by Crippen LogP contribution is 2.30. The number of hydrogen-bond donors (Lipinski definition) is 0. The Hall–Kier alpha value is -1.79. The first-order valence-corrected chi connectivity index (χ1v) is 7.60. The number of halogens is 1. The third-order valence-corrected chi connectivity index (χ3v) is 3.93. The van der Waals surface area contributed by atoms with Crippen molar-refractivity contribution in [1.29, 1.82) is 0 Å². The standard InChI is InChI=1S/C16H20ClNO5/c1-10(14(19)21-4)23-12-5-6-13(17)11(7-12)8-18-15(20)16(2,3)9-22-18/h5-7,10H,8-9H2,1-4H3/t10-/m1/s1. The van der Waals surface area contributed by atoms with Crippen molar-refractivity contribution in [1.82, 2.24) is 5.06 Å². The van der Waals surface area contributed by atoms with E-state index in [1.165, 1.54) is 12.2 Å². The molecule has 1 amide bonds. The molecule has 0 N–H and O–H groups in total. The highest BCUT2D eigenvalue weighted by Gasteiger charge is 2.40. The van der Waals surface area contributed by atoms with Crippen molar-refractivity contribution in [2.24, 2.45) is 5.41 Å². The van der Waals surface area contributed by atoms with Crippen molar-refractivity contribution in [2.45, 2.75) is 33.4 Å². The Morgan fingerprint density at radius 2 is 2.17 bits per heavy atom. The van der Waals surface area contributed by atoms with Crippen LogP contribution in [-0.4, -0.2) is 36.8 Å². The zero-order valence-corrected chi connectivity index (χ0v) is 14.3. The van der Waals surface area contributed by atoms with Gasteiger partial charge in [-0.25, -0.2) is 9.86 Å². The predicted octanol–water partition coefficient (Wildman–Crippen LogP) is 2.58. The number of ether oxygens (including phenoxy) is 2. The second-order valence-electron chi connectivity index (χ2n) is 6.04. The molecule has 0 unspecified atom stereocenters. The summed E-state index contributed by atoms with van der Waals surface area (Å²) in [5, 5.41) is 1.79. The lowest BCUT2D eigenvalue weighted by Gasteiger charge is -2.18. The minimum Gasteiger partial charge on any atom is -0.479 e. The van der Waals surface area contributed by atoms with Gasteiger partial charge >= 0.3 is 5.97 Å². The Balaban J connectivity index is 2.12. The molecule has 2 rings (SSSR count). The predicted molar refractivity (Wildman–Crippen MR) is 83.8 cm³/mol. The maximum absolute atomic E-state index is 12.2. The Kier molecular flexibility index (Phi) is 5.16. The zero-order chi connectivity index (χ0) is 17.2. The highest BCUT2D eigenvalue weighted by atomic mass is 35.5. The number of rotatable bonds is 5. The van der Waals surface area contributed by atoms with E-state index in [1.54, 1.807) is 25.1 Å². The number of nitrogens with zero attached hydrogens (tertiary/aromatic N) is 1. The molecule has 0 bridgehead atoms. The van der Waals surface area contributed by atoms with Gasteiger partial charge in [-0.3, -0.25) is 9.63 Å². The molecule has 6 nitrogen and oxygen atoms in total. The van der Waals surface area contributed by atoms with E-state index in [1.807, 2.05) is 13.8 Å². The third kappa shape index (κ3) is 3.95. The maximum atomic E-state index is 12.2. The molecule has 1 aliphatic heterocycles. The molecule has 1 aromatic rings. The fraction of sp³-hybridized carbons (Fsp3) is 0.500. The summed E-state index contributed by atoms with van der Waals surface area (Å²) in [5.41, 5.74) is 0.132. The molecule has 1 saturated heterocycles. The molecule has 0 saturated carbocycles. The lowest BCUT2D eigenvalue weighted by Crippen LogP contribution is -2.30. The number of benzene rings is 1. The quantitative estimate of drug-likeness (QED) is 0.770. The molecule has 7 heteroatoms. The van der Waals surface area contributed by atoms with Gasteiger partial charge < -0.3 is 9.47 Å². The van der Waals surface area contributed by atoms with Crippen molar-refractivity contribution in [3.8, 4) is 5.75 Å². The normalized spacial score (nSPS) is 18.0. The van der Waals surface area contributed by atoms with Crippen molar-refractivity contribution in [3.63, 3.8) is 0 Å². The van der Waals surface area contributed by atoms with Gasteiger partial charge in [0.05, 0.1) is 25.7 Å². The maximum Gasteiger partial charge on any atom is 0.346 e. The molecular weight excluding hydrogens is 322 g/mol. The van der Waals surface area contributed by atoms with Crippen LogP contribution in [0.15, 0.2) is 18.2 Å². The number of methoxy groups -OCH3 is 1. The van der Waals surface area contributed by atoms with Gasteiger partial charge in [-0.2, -0.15) is 0 Å². The van der Waals surface area contributed by atoms with Gasteiger partial charge in [-0.1, -0.05) is 11.6 Å². The van der Waals surface area contributed by atoms with Crippen LogP contribution in [0.1, 0.15) is 26.3 Å². The van der Waals surface area contributed by atoms with Crippen LogP contribution in [0.2, 0.25) is 5.02 Å². The number of carbonyl (C=O) groups excluding carboxylic acids is 2. The molecule has 1 aromatic carbocycles. The first-order chi connectivity index (χ1) is 10.7. The van der Waals surface area contributed by atoms with Gasteiger partial charge in [0.1, 0.15) is 5.75 Å². The van der Waals surface area contributed by atoms with E-state index >= 15 is 0 Å². The number of esters is 1. The summed E-state index contributed by atoms with van der Waals surface area (Å²) in [5.74, 6) is -0.0997. The largest absolute Gasteiger partial charge is 0.479 e. The van der Waals surface area contributed by atoms with E-state index < -0.39 is 17.5 Å². The van der Waals surface area contributed by atoms with Crippen LogP contribution in [-0.2, 0) is 25.7 Å². The summed E-state index contributed by atoms with van der Waals surface area (Å²) < 4.78 is 10.1. The van der Waals surface area contributed by atoms with Crippen LogP contribution in [0, 0.1) is 5.41 Å². The van der Waals surface area contributed by atoms with Gasteiger partial charge in [0, 0.05) is 5.02 Å². The molecule has 126 valence electrons. The summed E-state index contributed by atoms with van der Waals surface area (Å²) in [6, 6.07) is 4.99. The molecule has 1 heterocycles. The smallest absolute Gasteiger partial charge is 0.346 e. The van der Waals surface area contributed by atoms with Gasteiger partial charge in [-0.15, -0.1) is 0 Å². The van der Waals surface area contributed by atoms with Crippen LogP contribution < -0.4 is 4.74 Å². The average Bonchev–Trinajstić information content (AvgIpc) is 2.76. The topological polar surface area (TPSA) is 65.1 Å². The number of amides is 1. The van der Waals surface area contributed by atoms with Crippen LogP contribution >= 0.6 is 11.6 Å². The monoisotopic (exact) mass is 341 g/mol. The highest BCUT2D eigenvalue weighted by molar-refractivity contribution is 6.31. The Labute approximate surface area is 140 Å². The van der Waals surface area contributed by atoms with Crippen LogP contribution in [0.3, 0.4) is 0 Å². The lowest BCUT2D eigenvalue weighted by molar-refractivity contribution is -0.165. The Bertz CT molecular complexity index is 616. The van der Waals surface area contributed by atoms with Crippen LogP contribution in [0.5, 0.6) is 5.75 Å². The molecule has 0 spiro atoms. The number of hydrogen-bond acceptors (Lipinski definition) is 5. The number of hydroxylamine groups is 2. The van der Waals surface area contributed by atoms with E-state index in [9.17, 15) is 9.59 Å². The second-order valence-corrected chi connectivity index (χ2v) is 6.44. The van der Waals surface area contributed by atoms with Crippen molar-refractivity contribution < 1.29 is 23.9 Å². The first-order valence-electron chi connectivity index (χ1n) is 7.22. The SMILES string of the molecule is COC(=O)[C@@H](C)Oc1ccc(Cl)c(CN2OCC(C)(C)C2=O)c1. The molecule has 0 radical (unpaired) electrons. The van der Waals surface area contributed by atoms with Crippen LogP contribution in [0.4, 0.5) is 0 Å². The van der Waals surface area contributed by atoms with Crippen molar-refractivity contribution >= 4 is 23.5 Å². The molecule has 0 aromatic heterocycles. The Morgan fingerprint density at radius 3 is 2.74 bits per heavy atom. The molecule has 0 aliphatic carbocycles. The van der Waals surface area contributed by atoms with E-state index in [0.29, 0.717) is 22.9 Å². The molecule has 23 heavy (non-hydrogen) atoms. The summed E-state index contributed by atoms with van der Waals surface area (Å²) in [6.07, 6.45) is -0.738. The number of carbonyl (C=O) groups is 2. The first kappa shape index (κ1) is 17.6. The average molecular weight is 342 g/mol. The van der Waals surface area contributed by atoms with Crippen molar-refractivity contribution in [3.05, 3.63) is 28.8 Å². The minimum atomic E-state index is -0.738. The fourth-order valence-electron chi connectivity index (χ4n) is 2.13. The molecule has 1 fully saturated rings. The van der Waals surface area contributed by atoms with Gasteiger partial charge in [0.15, 0.2) is 6.10 Å². The van der Waals surface area contributed by atoms with Gasteiger partial charge in [-0.05, 0) is 44.5 Å².